The molecule has 480 valence electrons. The van der Waals surface area contributed by atoms with Crippen molar-refractivity contribution >= 4 is 46.0 Å². The lowest BCUT2D eigenvalue weighted by Crippen LogP contribution is -2.14. The number of oxime groups is 2. The molecule has 0 atom stereocenters. The summed E-state index contributed by atoms with van der Waals surface area (Å²) in [6.45, 7) is 74.0. The molecule has 0 heterocycles. The molecule has 0 aliphatic rings. The zero-order valence-corrected chi connectivity index (χ0v) is 64.2. The van der Waals surface area contributed by atoms with Gasteiger partial charge in [-0.2, -0.15) is 0 Å². The molecule has 0 N–H and O–H groups in total. The number of rotatable bonds is 9. The van der Waals surface area contributed by atoms with E-state index >= 15 is 0 Å². The van der Waals surface area contributed by atoms with Crippen LogP contribution in [0, 0.1) is 208 Å². The Bertz CT molecular complexity index is 3300. The summed E-state index contributed by atoms with van der Waals surface area (Å²) >= 11 is 7.16. The molecule has 8 heteroatoms. The highest BCUT2D eigenvalue weighted by molar-refractivity contribution is 7.98. The van der Waals surface area contributed by atoms with Gasteiger partial charge in [-0.25, -0.2) is 0 Å². The largest absolute Gasteiger partial charge is 0.496 e. The van der Waals surface area contributed by atoms with E-state index in [-0.39, 0.29) is 0 Å². The number of benzene rings is 6. The van der Waals surface area contributed by atoms with Crippen LogP contribution in [0.3, 0.4) is 0 Å². The molecule has 0 amide bonds. The molecule has 0 bridgehead atoms. The minimum Gasteiger partial charge on any atom is -0.496 e. The van der Waals surface area contributed by atoms with Crippen LogP contribution in [0.5, 0.6) is 5.75 Å². The number of ether oxygens (including phenoxy) is 1. The molecule has 0 fully saturated rings. The predicted octanol–water partition coefficient (Wildman–Crippen LogP) is 22.0. The highest BCUT2D eigenvalue weighted by atomic mass is 32.2. The number of thiocarbonyl (C=S) groups is 1. The average Bonchev–Trinajstić information content (AvgIpc) is 2.26. The van der Waals surface area contributed by atoms with Crippen LogP contribution in [-0.2, 0) is 9.68 Å². The van der Waals surface area contributed by atoms with E-state index in [2.05, 4.69) is 243 Å². The van der Waals surface area contributed by atoms with Crippen LogP contribution >= 0.6 is 24.0 Å². The molecule has 0 radical (unpaired) electrons. The molecule has 0 aliphatic carbocycles. The van der Waals surface area contributed by atoms with Gasteiger partial charge in [0.2, 0.25) is 0 Å². The van der Waals surface area contributed by atoms with Gasteiger partial charge in [0.15, 0.2) is 0 Å². The molecule has 0 spiro atoms. The number of thioether (sulfide) groups is 1. The van der Waals surface area contributed by atoms with Crippen LogP contribution in [-0.4, -0.2) is 57.5 Å². The standard InChI is InChI=1S/C15H23NO.C14H21NO.C13H21N.C13H18S.C12H18O.C12H18S/c1-8-17-16-14(7)15-12(5)10(3)9(2)11(4)13(15)6;1-8-9(2)11(4)14(12(5)10(8)3)13(6)15-16-7;1-8-9(2)11(4)13(14(6)7)12(5)10(8)3;1-7-8(2)10(4)13(12(6)14)11(5)9(7)3;2*1-7-8(2)10(4)12(13-6)11(5)9(7)3/h8H2,1-7H3;1-7H3;1-7H3;1-6H3;2*1-6H3. The third kappa shape index (κ3) is 18.0. The van der Waals surface area contributed by atoms with E-state index in [1.54, 1.807) is 14.2 Å². The maximum atomic E-state index is 5.39. The Morgan fingerprint density at radius 2 is 0.575 bits per heavy atom. The number of anilines is 1. The third-order valence-corrected chi connectivity index (χ3v) is 21.5. The number of methoxy groups -OCH3 is 1. The van der Waals surface area contributed by atoms with Gasteiger partial charge < -0.3 is 19.3 Å². The lowest BCUT2D eigenvalue weighted by molar-refractivity contribution is 0.159. The summed E-state index contributed by atoms with van der Waals surface area (Å²) < 4.78 is 5.39. The lowest BCUT2D eigenvalue weighted by Gasteiger charge is -2.24. The van der Waals surface area contributed by atoms with Crippen LogP contribution in [0.25, 0.3) is 0 Å². The van der Waals surface area contributed by atoms with E-state index in [0.29, 0.717) is 6.61 Å². The first kappa shape index (κ1) is 79.3. The normalized spacial score (nSPS) is 11.0. The molecule has 0 unspecified atom stereocenters. The fourth-order valence-corrected chi connectivity index (χ4v) is 13.4. The van der Waals surface area contributed by atoms with Crippen molar-refractivity contribution in [3.63, 3.8) is 0 Å². The number of hydrogen-bond donors (Lipinski definition) is 0. The van der Waals surface area contributed by atoms with E-state index in [4.69, 9.17) is 26.6 Å². The summed E-state index contributed by atoms with van der Waals surface area (Å²) in [5.41, 5.74) is 48.3. The van der Waals surface area contributed by atoms with Crippen molar-refractivity contribution in [2.45, 2.75) is 240 Å². The maximum Gasteiger partial charge on any atom is 0.125 e. The molecule has 87 heavy (non-hydrogen) atoms. The number of nitrogens with zero attached hydrogens (tertiary/aromatic N) is 3. The summed E-state index contributed by atoms with van der Waals surface area (Å²) in [5.74, 6) is 1.04. The second kappa shape index (κ2) is 34.3. The Kier molecular flexibility index (Phi) is 31.3. The second-order valence-corrected chi connectivity index (χ2v) is 26.1. The van der Waals surface area contributed by atoms with Gasteiger partial charge in [-0.1, -0.05) is 22.5 Å². The minimum atomic E-state index is 0.610. The van der Waals surface area contributed by atoms with E-state index in [1.165, 1.54) is 194 Å². The van der Waals surface area contributed by atoms with Gasteiger partial charge in [-0.3, -0.25) is 0 Å². The SMILES string of the molecule is CC(=S)c1c(C)c(C)c(C)c(C)c1C.CCON=C(C)c1c(C)c(C)c(C)c(C)c1C.CON=C(C)c1c(C)c(C)c(C)c(C)c1C.COc1c(C)c(C)c(C)c(C)c1C.CSc1c(C)c(C)c(C)c(C)c1C.Cc1c(C)c(C)c(N(C)C)c(C)c1C. The molecule has 0 saturated heterocycles. The summed E-state index contributed by atoms with van der Waals surface area (Å²) in [6, 6.07) is 0. The zero-order chi connectivity index (χ0) is 68.0. The van der Waals surface area contributed by atoms with E-state index < -0.39 is 0 Å². The monoisotopic (exact) mass is 1220 g/mol. The summed E-state index contributed by atoms with van der Waals surface area (Å²) in [6.07, 6.45) is 2.16. The van der Waals surface area contributed by atoms with Crippen LogP contribution in [0.2, 0.25) is 0 Å². The fourth-order valence-electron chi connectivity index (χ4n) is 12.2. The molecule has 6 aromatic rings. The van der Waals surface area contributed by atoms with Crippen molar-refractivity contribution in [1.82, 2.24) is 0 Å². The van der Waals surface area contributed by atoms with Gasteiger partial charge in [-0.15, -0.1) is 11.8 Å². The van der Waals surface area contributed by atoms with Gasteiger partial charge in [0.1, 0.15) is 19.5 Å². The van der Waals surface area contributed by atoms with Crippen molar-refractivity contribution in [2.24, 2.45) is 10.3 Å². The van der Waals surface area contributed by atoms with Gasteiger partial charge in [-0.05, 0) is 414 Å². The molecular formula is C79H119N3O3S2. The first-order chi connectivity index (χ1) is 40.1. The van der Waals surface area contributed by atoms with E-state index in [0.717, 1.165) is 22.0 Å². The smallest absolute Gasteiger partial charge is 0.125 e. The molecule has 0 aliphatic heterocycles. The summed E-state index contributed by atoms with van der Waals surface area (Å²) in [5, 5.41) is 8.21. The molecule has 6 aromatic carbocycles. The molecule has 6 nitrogen and oxygen atoms in total. The van der Waals surface area contributed by atoms with Crippen molar-refractivity contribution in [1.29, 1.82) is 0 Å². The Morgan fingerprint density at radius 3 is 0.805 bits per heavy atom. The lowest BCUT2D eigenvalue weighted by atomic mass is 9.88. The van der Waals surface area contributed by atoms with Crippen LogP contribution < -0.4 is 9.64 Å². The predicted molar refractivity (Wildman–Crippen MR) is 394 cm³/mol. The van der Waals surface area contributed by atoms with Crippen molar-refractivity contribution in [2.75, 3.05) is 46.1 Å². The quantitative estimate of drug-likeness (QED) is 0.0473. The molecule has 0 saturated carbocycles. The summed E-state index contributed by atoms with van der Waals surface area (Å²) in [4.78, 5) is 14.7. The van der Waals surface area contributed by atoms with Gasteiger partial charge in [0, 0.05) is 40.7 Å². The van der Waals surface area contributed by atoms with Crippen LogP contribution in [0.15, 0.2) is 15.2 Å². The Morgan fingerprint density at radius 1 is 0.345 bits per heavy atom. The number of hydrogen-bond acceptors (Lipinski definition) is 8. The highest BCUT2D eigenvalue weighted by Gasteiger charge is 2.19. The first-order valence-electron chi connectivity index (χ1n) is 31.0. The van der Waals surface area contributed by atoms with E-state index in [9.17, 15) is 0 Å². The van der Waals surface area contributed by atoms with Crippen molar-refractivity contribution in [3.05, 3.63) is 184 Å². The third-order valence-electron chi connectivity index (χ3n) is 20.3. The first-order valence-corrected chi connectivity index (χ1v) is 32.6. The fraction of sp³-hybridized carbons (Fsp3) is 0.506. The molecule has 0 aromatic heterocycles. The van der Waals surface area contributed by atoms with E-state index in [1.807, 2.05) is 39.5 Å². The Labute approximate surface area is 543 Å². The van der Waals surface area contributed by atoms with Crippen LogP contribution in [0.4, 0.5) is 5.69 Å². The summed E-state index contributed by atoms with van der Waals surface area (Å²) in [7, 11) is 7.55. The zero-order valence-electron chi connectivity index (χ0n) is 62.6. The van der Waals surface area contributed by atoms with Gasteiger partial charge in [0.25, 0.3) is 0 Å². The van der Waals surface area contributed by atoms with Gasteiger partial charge >= 0.3 is 0 Å². The maximum absolute atomic E-state index is 5.39. The van der Waals surface area contributed by atoms with Crippen LogP contribution in [0.1, 0.15) is 211 Å². The van der Waals surface area contributed by atoms with Crippen molar-refractivity contribution < 1.29 is 14.4 Å². The van der Waals surface area contributed by atoms with Gasteiger partial charge in [0.05, 0.1) is 18.5 Å². The van der Waals surface area contributed by atoms with Crippen molar-refractivity contribution in [3.8, 4) is 5.75 Å². The second-order valence-electron chi connectivity index (χ2n) is 24.7. The average molecular weight is 1220 g/mol. The highest BCUT2D eigenvalue weighted by Crippen LogP contribution is 2.35. The Hall–Kier alpha value is -5.70. The molecule has 6 rings (SSSR count). The minimum absolute atomic E-state index is 0.610. The Balaban J connectivity index is 0.000000523. The molecular weight excluding hydrogens is 1100 g/mol. The topological polar surface area (TPSA) is 55.6 Å².